The maximum Gasteiger partial charge on any atom is 0.260 e. The van der Waals surface area contributed by atoms with Crippen LogP contribution in [-0.2, 0) is 17.4 Å². The van der Waals surface area contributed by atoms with E-state index >= 15 is 0 Å². The zero-order chi connectivity index (χ0) is 24.2. The molecule has 0 atom stereocenters. The highest BCUT2D eigenvalue weighted by atomic mass is 32.1. The summed E-state index contributed by atoms with van der Waals surface area (Å²) >= 11 is 1.63. The molecule has 1 spiro atoms. The lowest BCUT2D eigenvalue weighted by molar-refractivity contribution is -0.487. The lowest BCUT2D eigenvalue weighted by Gasteiger charge is -2.27. The molecular formula is C26H32N7OS+. The molecule has 0 bridgehead atoms. The van der Waals surface area contributed by atoms with Crippen molar-refractivity contribution in [3.63, 3.8) is 0 Å². The highest BCUT2D eigenvalue weighted by Crippen LogP contribution is 2.48. The first-order valence-electron chi connectivity index (χ1n) is 12.4. The third-order valence-electron chi connectivity index (χ3n) is 6.91. The van der Waals surface area contributed by atoms with E-state index in [1.165, 1.54) is 24.0 Å². The van der Waals surface area contributed by atoms with E-state index in [4.69, 9.17) is 9.97 Å². The van der Waals surface area contributed by atoms with Crippen LogP contribution in [0.4, 0.5) is 23.3 Å². The molecule has 2 fully saturated rings. The second kappa shape index (κ2) is 8.36. The molecule has 0 unspecified atom stereocenters. The highest BCUT2D eigenvalue weighted by Gasteiger charge is 2.46. The molecule has 35 heavy (non-hydrogen) atoms. The van der Waals surface area contributed by atoms with E-state index < -0.39 is 0 Å². The molecule has 6 rings (SSSR count). The van der Waals surface area contributed by atoms with Crippen molar-refractivity contribution in [2.75, 3.05) is 11.9 Å². The fourth-order valence-corrected chi connectivity index (χ4v) is 5.51. The van der Waals surface area contributed by atoms with E-state index in [1.807, 2.05) is 10.7 Å². The third-order valence-corrected chi connectivity index (χ3v) is 8.19. The van der Waals surface area contributed by atoms with Gasteiger partial charge in [0.2, 0.25) is 17.6 Å². The van der Waals surface area contributed by atoms with Gasteiger partial charge in [-0.15, -0.1) is 11.3 Å². The number of thiazole rings is 1. The highest BCUT2D eigenvalue weighted by molar-refractivity contribution is 7.10. The quantitative estimate of drug-likeness (QED) is 0.421. The number of hydrogen-bond donors (Lipinski definition) is 4. The largest absolute Gasteiger partial charge is 0.349 e. The van der Waals surface area contributed by atoms with Crippen molar-refractivity contribution in [3.05, 3.63) is 51.5 Å². The summed E-state index contributed by atoms with van der Waals surface area (Å²) in [4.78, 5) is 26.9. The number of aromatic nitrogens is 3. The minimum atomic E-state index is -0.132. The minimum Gasteiger partial charge on any atom is -0.349 e. The normalized spacial score (nSPS) is 18.3. The van der Waals surface area contributed by atoms with Gasteiger partial charge in [0.25, 0.3) is 5.91 Å². The van der Waals surface area contributed by atoms with E-state index in [0.717, 1.165) is 42.3 Å². The maximum atomic E-state index is 12.9. The smallest absolute Gasteiger partial charge is 0.260 e. The van der Waals surface area contributed by atoms with E-state index in [0.29, 0.717) is 17.3 Å². The van der Waals surface area contributed by atoms with Crippen molar-refractivity contribution in [2.45, 2.75) is 69.9 Å². The Morgan fingerprint density at radius 1 is 1.23 bits per heavy atom. The molecule has 3 aromatic rings. The maximum absolute atomic E-state index is 12.9. The third kappa shape index (κ3) is 4.68. The minimum absolute atomic E-state index is 0.0255. The number of anilines is 2. The topological polar surface area (TPSA) is 108 Å². The molecule has 1 aromatic carbocycles. The van der Waals surface area contributed by atoms with Gasteiger partial charge in [0.1, 0.15) is 10.6 Å². The Balaban J connectivity index is 1.28. The number of carbonyl (C=O) groups is 1. The summed E-state index contributed by atoms with van der Waals surface area (Å²) in [7, 11) is 0. The Bertz CT molecular complexity index is 1290. The molecular weight excluding hydrogens is 458 g/mol. The van der Waals surface area contributed by atoms with E-state index in [-0.39, 0.29) is 22.9 Å². The predicted molar refractivity (Wildman–Crippen MR) is 137 cm³/mol. The molecule has 0 saturated heterocycles. The second-order valence-electron chi connectivity index (χ2n) is 11.0. The van der Waals surface area contributed by atoms with Crippen molar-refractivity contribution in [1.29, 1.82) is 0 Å². The zero-order valence-corrected chi connectivity index (χ0v) is 21.3. The van der Waals surface area contributed by atoms with E-state index in [1.54, 1.807) is 17.5 Å². The van der Waals surface area contributed by atoms with Crippen LogP contribution in [0.25, 0.3) is 0 Å². The molecule has 3 aliphatic rings. The number of nitrogens with zero attached hydrogens (tertiary/aromatic N) is 3. The molecule has 2 aliphatic carbocycles. The summed E-state index contributed by atoms with van der Waals surface area (Å²) in [5, 5.41) is 15.1. The number of quaternary nitrogens is 1. The fourth-order valence-electron chi connectivity index (χ4n) is 4.65. The number of carbonyl (C=O) groups excluding carboxylic acids is 1. The average Bonchev–Trinajstić information content (AvgIpc) is 3.73. The summed E-state index contributed by atoms with van der Waals surface area (Å²) in [6.07, 6.45) is 7.13. The van der Waals surface area contributed by atoms with Crippen LogP contribution in [0.3, 0.4) is 0 Å². The molecule has 9 heteroatoms. The Morgan fingerprint density at radius 3 is 2.77 bits per heavy atom. The number of nitrogens with two attached hydrogens (primary N) is 1. The molecule has 1 amide bonds. The first-order valence-corrected chi connectivity index (χ1v) is 13.3. The Morgan fingerprint density at radius 2 is 2.06 bits per heavy atom. The van der Waals surface area contributed by atoms with Gasteiger partial charge >= 0.3 is 0 Å². The fraction of sp³-hybridized carbons (Fsp3) is 0.462. The monoisotopic (exact) mass is 490 g/mol. The van der Waals surface area contributed by atoms with Crippen molar-refractivity contribution >= 4 is 40.5 Å². The first-order chi connectivity index (χ1) is 16.8. The van der Waals surface area contributed by atoms with Gasteiger partial charge in [-0.2, -0.15) is 9.97 Å². The van der Waals surface area contributed by atoms with Gasteiger partial charge in [-0.3, -0.25) is 4.79 Å². The molecule has 1 aliphatic heterocycles. The van der Waals surface area contributed by atoms with Crippen LogP contribution in [0.2, 0.25) is 0 Å². The van der Waals surface area contributed by atoms with E-state index in [9.17, 15) is 4.79 Å². The average molecular weight is 491 g/mol. The number of rotatable bonds is 6. The zero-order valence-electron chi connectivity index (χ0n) is 20.4. The van der Waals surface area contributed by atoms with Crippen LogP contribution in [0.1, 0.15) is 72.9 Å². The summed E-state index contributed by atoms with van der Waals surface area (Å²) in [5.41, 5.74) is 4.43. The first kappa shape index (κ1) is 22.6. The van der Waals surface area contributed by atoms with Crippen LogP contribution in [-0.4, -0.2) is 33.4 Å². The van der Waals surface area contributed by atoms with Gasteiger partial charge in [0, 0.05) is 29.2 Å². The van der Waals surface area contributed by atoms with Crippen molar-refractivity contribution < 1.29 is 10.1 Å². The van der Waals surface area contributed by atoms with Gasteiger partial charge in [0.15, 0.2) is 0 Å². The summed E-state index contributed by atoms with van der Waals surface area (Å²) in [6, 6.07) is 6.81. The van der Waals surface area contributed by atoms with Gasteiger partial charge in [-0.25, -0.2) is 10.3 Å². The van der Waals surface area contributed by atoms with Crippen molar-refractivity contribution in [1.82, 2.24) is 25.6 Å². The van der Waals surface area contributed by atoms with Crippen LogP contribution < -0.4 is 21.3 Å². The SMILES string of the molecule is CC(C)(C)c1nc([NH2+]c2nc(Nc3ccc4c(c3)CCNC43CC3)ncc2C(=O)NC2CC2)cs1. The van der Waals surface area contributed by atoms with Gasteiger partial charge in [-0.05, 0) is 55.4 Å². The van der Waals surface area contributed by atoms with Gasteiger partial charge in [-0.1, -0.05) is 26.8 Å². The molecule has 182 valence electrons. The Kier molecular flexibility index (Phi) is 5.39. The van der Waals surface area contributed by atoms with Gasteiger partial charge in [0.05, 0.1) is 11.6 Å². The molecule has 2 aromatic heterocycles. The molecule has 2 saturated carbocycles. The lowest BCUT2D eigenvalue weighted by Crippen LogP contribution is -2.72. The Labute approximate surface area is 209 Å². The van der Waals surface area contributed by atoms with Crippen molar-refractivity contribution in [2.24, 2.45) is 0 Å². The number of fused-ring (bicyclic) bond motifs is 2. The second-order valence-corrected chi connectivity index (χ2v) is 11.8. The van der Waals surface area contributed by atoms with Crippen LogP contribution >= 0.6 is 11.3 Å². The van der Waals surface area contributed by atoms with E-state index in [2.05, 4.69) is 59.9 Å². The predicted octanol–water partition coefficient (Wildman–Crippen LogP) is 3.53. The van der Waals surface area contributed by atoms with Crippen LogP contribution in [0, 0.1) is 0 Å². The molecule has 5 N–H and O–H groups in total. The van der Waals surface area contributed by atoms with Crippen molar-refractivity contribution in [3.8, 4) is 0 Å². The number of amides is 1. The summed E-state index contributed by atoms with van der Waals surface area (Å²) < 4.78 is 0. The van der Waals surface area contributed by atoms with Gasteiger partial charge < -0.3 is 16.0 Å². The standard InChI is InChI=1S/C26H31N7OS/c1-25(2,3)23-32-20(14-35-23)31-21-18(22(34)29-16-4-5-16)13-27-24(33-21)30-17-6-7-19-15(12-17)8-11-28-26(19)9-10-26/h6-7,12-14,16,28H,4-5,8-11H2,1-3H3,(H,29,34)(H2,27,30,31,33)/p+1. The molecule has 0 radical (unpaired) electrons. The number of benzene rings is 1. The molecule has 8 nitrogen and oxygen atoms in total. The summed E-state index contributed by atoms with van der Waals surface area (Å²) in [6.45, 7) is 7.46. The Hall–Kier alpha value is -2.88. The van der Waals surface area contributed by atoms with Crippen LogP contribution in [0.5, 0.6) is 0 Å². The lowest BCUT2D eigenvalue weighted by atomic mass is 9.92. The molecule has 3 heterocycles. The van der Waals surface area contributed by atoms with Crippen LogP contribution in [0.15, 0.2) is 29.8 Å². The number of nitrogens with one attached hydrogen (secondary N) is 3. The summed E-state index contributed by atoms with van der Waals surface area (Å²) in [5.74, 6) is 1.72. The number of hydrogen-bond acceptors (Lipinski definition) is 7.